The number of carboxylic acid groups (broad SMARTS) is 1. The first-order valence-electron chi connectivity index (χ1n) is 7.58. The number of nitrogens with one attached hydrogen (secondary N) is 1. The van der Waals surface area contributed by atoms with Crippen molar-refractivity contribution < 1.29 is 18.3 Å². The number of aryl methyl sites for hydroxylation is 1. The van der Waals surface area contributed by atoms with Crippen molar-refractivity contribution in [3.63, 3.8) is 0 Å². The van der Waals surface area contributed by atoms with Gasteiger partial charge in [-0.1, -0.05) is 36.2 Å². The van der Waals surface area contributed by atoms with E-state index >= 15 is 0 Å². The number of carboxylic acids is 1. The lowest BCUT2D eigenvalue weighted by Crippen LogP contribution is -2.54. The van der Waals surface area contributed by atoms with E-state index in [1.165, 1.54) is 6.07 Å². The summed E-state index contributed by atoms with van der Waals surface area (Å²) in [5.41, 5.74) is 0.631. The summed E-state index contributed by atoms with van der Waals surface area (Å²) in [6, 6.07) is 2.97. The molecule has 0 heterocycles. The molecule has 9 heteroatoms. The highest BCUT2D eigenvalue weighted by atomic mass is 35.5. The fourth-order valence-corrected chi connectivity index (χ4v) is 5.26. The lowest BCUT2D eigenvalue weighted by atomic mass is 9.86. The van der Waals surface area contributed by atoms with E-state index in [0.717, 1.165) is 0 Å². The Morgan fingerprint density at radius 1 is 1.38 bits per heavy atom. The second kappa shape index (κ2) is 7.58. The van der Waals surface area contributed by atoms with Crippen molar-refractivity contribution >= 4 is 39.2 Å². The predicted molar refractivity (Wildman–Crippen MR) is 93.2 cm³/mol. The number of carbonyl (C=O) groups is 1. The van der Waals surface area contributed by atoms with E-state index in [2.05, 4.69) is 4.72 Å². The minimum atomic E-state index is -3.83. The molecule has 0 spiro atoms. The van der Waals surface area contributed by atoms with Gasteiger partial charge in [-0.3, -0.25) is 9.69 Å². The van der Waals surface area contributed by atoms with Crippen molar-refractivity contribution in [1.29, 1.82) is 0 Å². The molecule has 0 aromatic heterocycles. The second-order valence-electron chi connectivity index (χ2n) is 5.91. The van der Waals surface area contributed by atoms with E-state index < -0.39 is 16.0 Å². The molecule has 0 aliphatic heterocycles. The van der Waals surface area contributed by atoms with Gasteiger partial charge in [0, 0.05) is 12.1 Å². The standard InChI is InChI=1S/C15H20Cl2N2O4S/c1-3-19(8-13(20)21)11-6-10(7-11)18-24(22,23)15-12(16)5-4-9(2)14(15)17/h4-5,10-11,18H,3,6-8H2,1-2H3,(H,20,21). The van der Waals surface area contributed by atoms with Crippen molar-refractivity contribution in [2.45, 2.75) is 43.7 Å². The Morgan fingerprint density at radius 2 is 2.00 bits per heavy atom. The first-order chi connectivity index (χ1) is 11.2. The van der Waals surface area contributed by atoms with Gasteiger partial charge >= 0.3 is 5.97 Å². The number of rotatable bonds is 7. The summed E-state index contributed by atoms with van der Waals surface area (Å²) in [4.78, 5) is 12.5. The first-order valence-corrected chi connectivity index (χ1v) is 9.82. The molecule has 2 rings (SSSR count). The Bertz CT molecular complexity index is 733. The summed E-state index contributed by atoms with van der Waals surface area (Å²) in [5.74, 6) is -0.890. The molecule has 1 aromatic carbocycles. The van der Waals surface area contributed by atoms with E-state index in [-0.39, 0.29) is 33.6 Å². The zero-order valence-electron chi connectivity index (χ0n) is 13.4. The molecule has 6 nitrogen and oxygen atoms in total. The van der Waals surface area contributed by atoms with Crippen molar-refractivity contribution in [1.82, 2.24) is 9.62 Å². The SMILES string of the molecule is CCN(CC(=O)O)C1CC(NS(=O)(=O)c2c(Cl)ccc(C)c2Cl)C1. The van der Waals surface area contributed by atoms with Crippen LogP contribution in [0, 0.1) is 6.92 Å². The highest BCUT2D eigenvalue weighted by Gasteiger charge is 2.37. The fraction of sp³-hybridized carbons (Fsp3) is 0.533. The van der Waals surface area contributed by atoms with Crippen LogP contribution < -0.4 is 4.72 Å². The Hall–Kier alpha value is -0.860. The first kappa shape index (κ1) is 19.5. The maximum atomic E-state index is 12.6. The fourth-order valence-electron chi connectivity index (χ4n) is 2.81. The number of benzene rings is 1. The molecular formula is C15H20Cl2N2O4S. The molecule has 1 aliphatic rings. The Balaban J connectivity index is 2.06. The van der Waals surface area contributed by atoms with E-state index in [4.69, 9.17) is 28.3 Å². The molecule has 0 radical (unpaired) electrons. The number of hydrogen-bond donors (Lipinski definition) is 2. The Labute approximate surface area is 151 Å². The number of aliphatic carboxylic acids is 1. The lowest BCUT2D eigenvalue weighted by molar-refractivity contribution is -0.139. The maximum absolute atomic E-state index is 12.6. The molecular weight excluding hydrogens is 375 g/mol. The van der Waals surface area contributed by atoms with Crippen molar-refractivity contribution in [3.05, 3.63) is 27.7 Å². The Morgan fingerprint density at radius 3 is 2.54 bits per heavy atom. The summed E-state index contributed by atoms with van der Waals surface area (Å²) >= 11 is 12.1. The average Bonchev–Trinajstić information content (AvgIpc) is 2.44. The van der Waals surface area contributed by atoms with Gasteiger partial charge in [-0.05, 0) is 37.9 Å². The Kier molecular flexibility index (Phi) is 6.14. The zero-order valence-corrected chi connectivity index (χ0v) is 15.7. The van der Waals surface area contributed by atoms with E-state index in [1.807, 2.05) is 11.8 Å². The van der Waals surface area contributed by atoms with Crippen LogP contribution >= 0.6 is 23.2 Å². The molecule has 1 saturated carbocycles. The van der Waals surface area contributed by atoms with Crippen LogP contribution in [0.5, 0.6) is 0 Å². The minimum Gasteiger partial charge on any atom is -0.480 e. The molecule has 1 aromatic rings. The van der Waals surface area contributed by atoms with E-state index in [1.54, 1.807) is 13.0 Å². The highest BCUT2D eigenvalue weighted by molar-refractivity contribution is 7.89. The van der Waals surface area contributed by atoms with E-state index in [0.29, 0.717) is 24.9 Å². The monoisotopic (exact) mass is 394 g/mol. The van der Waals surface area contributed by atoms with Crippen LogP contribution in [-0.2, 0) is 14.8 Å². The van der Waals surface area contributed by atoms with Gasteiger partial charge in [0.15, 0.2) is 0 Å². The smallest absolute Gasteiger partial charge is 0.317 e. The van der Waals surface area contributed by atoms with Gasteiger partial charge < -0.3 is 5.11 Å². The predicted octanol–water partition coefficient (Wildman–Crippen LogP) is 2.52. The molecule has 0 atom stereocenters. The van der Waals surface area contributed by atoms with Gasteiger partial charge in [0.05, 0.1) is 16.6 Å². The molecule has 134 valence electrons. The lowest BCUT2D eigenvalue weighted by Gasteiger charge is -2.42. The summed E-state index contributed by atoms with van der Waals surface area (Å²) < 4.78 is 27.7. The largest absolute Gasteiger partial charge is 0.480 e. The summed E-state index contributed by atoms with van der Waals surface area (Å²) in [5, 5.41) is 9.09. The van der Waals surface area contributed by atoms with Crippen molar-refractivity contribution in [3.8, 4) is 0 Å². The van der Waals surface area contributed by atoms with Crippen molar-refractivity contribution in [2.24, 2.45) is 0 Å². The van der Waals surface area contributed by atoms with Gasteiger partial charge in [-0.2, -0.15) is 0 Å². The second-order valence-corrected chi connectivity index (χ2v) is 8.34. The van der Waals surface area contributed by atoms with Crippen LogP contribution in [-0.4, -0.2) is 49.6 Å². The highest BCUT2D eigenvalue weighted by Crippen LogP contribution is 2.33. The number of hydrogen-bond acceptors (Lipinski definition) is 4. The van der Waals surface area contributed by atoms with Crippen LogP contribution in [0.1, 0.15) is 25.3 Å². The van der Waals surface area contributed by atoms with Gasteiger partial charge in [0.1, 0.15) is 4.90 Å². The number of likely N-dealkylation sites (N-methyl/N-ethyl adjacent to an activating group) is 1. The van der Waals surface area contributed by atoms with Crippen LogP contribution in [0.15, 0.2) is 17.0 Å². The summed E-state index contributed by atoms with van der Waals surface area (Å²) in [6.45, 7) is 4.15. The molecule has 0 amide bonds. The average molecular weight is 395 g/mol. The third kappa shape index (κ3) is 4.21. The molecule has 0 unspecified atom stereocenters. The topological polar surface area (TPSA) is 86.7 Å². The van der Waals surface area contributed by atoms with Crippen LogP contribution in [0.2, 0.25) is 10.0 Å². The van der Waals surface area contributed by atoms with E-state index in [9.17, 15) is 13.2 Å². The maximum Gasteiger partial charge on any atom is 0.317 e. The van der Waals surface area contributed by atoms with Crippen LogP contribution in [0.3, 0.4) is 0 Å². The quantitative estimate of drug-likeness (QED) is 0.741. The normalized spacial score (nSPS) is 20.9. The summed E-state index contributed by atoms with van der Waals surface area (Å²) in [6.07, 6.45) is 1.11. The molecule has 0 saturated heterocycles. The molecule has 0 bridgehead atoms. The number of nitrogens with zero attached hydrogens (tertiary/aromatic N) is 1. The van der Waals surface area contributed by atoms with Crippen LogP contribution in [0.4, 0.5) is 0 Å². The minimum absolute atomic E-state index is 0.0455. The zero-order chi connectivity index (χ0) is 18.1. The summed E-state index contributed by atoms with van der Waals surface area (Å²) in [7, 11) is -3.83. The van der Waals surface area contributed by atoms with Crippen molar-refractivity contribution in [2.75, 3.05) is 13.1 Å². The van der Waals surface area contributed by atoms with Gasteiger partial charge in [-0.25, -0.2) is 13.1 Å². The number of halogens is 2. The third-order valence-electron chi connectivity index (χ3n) is 4.21. The van der Waals surface area contributed by atoms with Gasteiger partial charge in [-0.15, -0.1) is 0 Å². The number of sulfonamides is 1. The van der Waals surface area contributed by atoms with Crippen LogP contribution in [0.25, 0.3) is 0 Å². The molecule has 1 aliphatic carbocycles. The van der Waals surface area contributed by atoms with Gasteiger partial charge in [0.25, 0.3) is 0 Å². The molecule has 24 heavy (non-hydrogen) atoms. The third-order valence-corrected chi connectivity index (χ3v) is 6.84. The van der Waals surface area contributed by atoms with Gasteiger partial charge in [0.2, 0.25) is 10.0 Å². The molecule has 2 N–H and O–H groups in total. The molecule has 1 fully saturated rings.